The fraction of sp³-hybridized carbons (Fsp3) is 0.667. The Labute approximate surface area is 230 Å². The van der Waals surface area contributed by atoms with Gasteiger partial charge in [0.15, 0.2) is 0 Å². The smallest absolute Gasteiger partial charge is 0.0812 e. The minimum absolute atomic E-state index is 0.528. The summed E-state index contributed by atoms with van der Waals surface area (Å²) >= 11 is 0. The molecule has 38 heavy (non-hydrogen) atoms. The van der Waals surface area contributed by atoms with Crippen LogP contribution in [0.25, 0.3) is 11.1 Å². The molecule has 0 amide bonds. The Hall–Kier alpha value is -1.64. The third kappa shape index (κ3) is 5.92. The molecule has 2 unspecified atom stereocenters. The second-order valence-electron chi connectivity index (χ2n) is 13.8. The first-order chi connectivity index (χ1) is 18.7. The van der Waals surface area contributed by atoms with Crippen LogP contribution in [-0.4, -0.2) is 25.4 Å². The lowest BCUT2D eigenvalue weighted by molar-refractivity contribution is 0.235. The Morgan fingerprint density at radius 2 is 0.974 bits per heavy atom. The van der Waals surface area contributed by atoms with Gasteiger partial charge in [-0.3, -0.25) is 0 Å². The van der Waals surface area contributed by atoms with E-state index in [0.717, 1.165) is 36.9 Å². The molecule has 0 radical (unpaired) electrons. The van der Waals surface area contributed by atoms with E-state index >= 15 is 0 Å². The van der Waals surface area contributed by atoms with Gasteiger partial charge < -0.3 is 9.47 Å². The van der Waals surface area contributed by atoms with Crippen LogP contribution in [0.3, 0.4) is 0 Å². The molecule has 0 aromatic heterocycles. The number of benzene rings is 2. The van der Waals surface area contributed by atoms with Gasteiger partial charge in [-0.2, -0.15) is 0 Å². The van der Waals surface area contributed by atoms with Crippen LogP contribution in [0.15, 0.2) is 36.4 Å². The number of hydrogen-bond acceptors (Lipinski definition) is 2. The van der Waals surface area contributed by atoms with Gasteiger partial charge in [0, 0.05) is 5.92 Å². The summed E-state index contributed by atoms with van der Waals surface area (Å²) in [7, 11) is 0. The van der Waals surface area contributed by atoms with E-state index in [1.165, 1.54) is 101 Å². The molecule has 2 saturated carbocycles. The van der Waals surface area contributed by atoms with Crippen molar-refractivity contribution in [1.82, 2.24) is 0 Å². The topological polar surface area (TPSA) is 25.1 Å². The van der Waals surface area contributed by atoms with Gasteiger partial charge in [0.1, 0.15) is 0 Å². The van der Waals surface area contributed by atoms with E-state index in [2.05, 4.69) is 43.3 Å². The Balaban J connectivity index is 0.912. The number of aryl methyl sites for hydroxylation is 2. The maximum absolute atomic E-state index is 5.47. The molecule has 204 valence electrons. The van der Waals surface area contributed by atoms with Crippen LogP contribution >= 0.6 is 0 Å². The summed E-state index contributed by atoms with van der Waals surface area (Å²) in [6.45, 7) is 4.49. The summed E-state index contributed by atoms with van der Waals surface area (Å²) in [6, 6.07) is 14.8. The third-order valence-electron chi connectivity index (χ3n) is 11.1. The van der Waals surface area contributed by atoms with Gasteiger partial charge in [0.25, 0.3) is 0 Å². The first kappa shape index (κ1) is 25.3. The molecule has 0 bridgehead atoms. The van der Waals surface area contributed by atoms with E-state index in [0.29, 0.717) is 18.1 Å². The Morgan fingerprint density at radius 1 is 0.579 bits per heavy atom. The lowest BCUT2D eigenvalue weighted by Crippen LogP contribution is -2.16. The number of ether oxygens (including phenoxy) is 2. The van der Waals surface area contributed by atoms with Crippen molar-refractivity contribution < 1.29 is 9.47 Å². The minimum Gasteiger partial charge on any atom is -0.373 e. The van der Waals surface area contributed by atoms with Crippen molar-refractivity contribution in [1.29, 1.82) is 0 Å². The maximum Gasteiger partial charge on any atom is 0.0812 e. The summed E-state index contributed by atoms with van der Waals surface area (Å²) in [5, 5.41) is 0. The Kier molecular flexibility index (Phi) is 7.39. The quantitative estimate of drug-likeness (QED) is 0.297. The molecule has 2 aromatic rings. The van der Waals surface area contributed by atoms with Crippen LogP contribution in [0.4, 0.5) is 0 Å². The molecule has 2 aliphatic heterocycles. The van der Waals surface area contributed by atoms with Gasteiger partial charge in [-0.05, 0) is 95.6 Å². The predicted molar refractivity (Wildman–Crippen MR) is 156 cm³/mol. The molecule has 2 heterocycles. The number of fused-ring (bicyclic) bond motifs is 3. The molecule has 0 N–H and O–H groups in total. The summed E-state index contributed by atoms with van der Waals surface area (Å²) in [5.74, 6) is 4.26. The van der Waals surface area contributed by atoms with Crippen LogP contribution in [-0.2, 0) is 22.3 Å². The average molecular weight is 513 g/mol. The van der Waals surface area contributed by atoms with E-state index in [1.807, 2.05) is 0 Å². The maximum atomic E-state index is 5.47. The van der Waals surface area contributed by atoms with Crippen molar-refractivity contribution in [2.45, 2.75) is 115 Å². The van der Waals surface area contributed by atoms with Crippen molar-refractivity contribution in [2.24, 2.45) is 23.7 Å². The normalized spacial score (nSPS) is 33.6. The lowest BCUT2D eigenvalue weighted by atomic mass is 9.78. The lowest BCUT2D eigenvalue weighted by Gasteiger charge is -2.28. The van der Waals surface area contributed by atoms with Gasteiger partial charge >= 0.3 is 0 Å². The van der Waals surface area contributed by atoms with Gasteiger partial charge in [-0.1, -0.05) is 94.7 Å². The van der Waals surface area contributed by atoms with Crippen molar-refractivity contribution >= 4 is 0 Å². The summed E-state index contributed by atoms with van der Waals surface area (Å²) in [6.07, 6.45) is 20.6. The van der Waals surface area contributed by atoms with Crippen LogP contribution < -0.4 is 0 Å². The van der Waals surface area contributed by atoms with Gasteiger partial charge in [-0.15, -0.1) is 0 Å². The monoisotopic (exact) mass is 512 g/mol. The van der Waals surface area contributed by atoms with Gasteiger partial charge in [0.05, 0.1) is 25.4 Å². The van der Waals surface area contributed by atoms with Crippen LogP contribution in [0.5, 0.6) is 0 Å². The summed E-state index contributed by atoms with van der Waals surface area (Å²) in [4.78, 5) is 0. The van der Waals surface area contributed by atoms with E-state index in [1.54, 1.807) is 22.3 Å². The summed E-state index contributed by atoms with van der Waals surface area (Å²) in [5.41, 5.74) is 9.23. The van der Waals surface area contributed by atoms with Crippen LogP contribution in [0.2, 0.25) is 0 Å². The van der Waals surface area contributed by atoms with Crippen molar-refractivity contribution in [3.63, 3.8) is 0 Å². The zero-order chi connectivity index (χ0) is 25.5. The van der Waals surface area contributed by atoms with E-state index in [9.17, 15) is 0 Å². The average Bonchev–Trinajstić information content (AvgIpc) is 3.89. The van der Waals surface area contributed by atoms with E-state index < -0.39 is 0 Å². The molecular formula is C36H48O2. The van der Waals surface area contributed by atoms with Crippen LogP contribution in [0, 0.1) is 23.7 Å². The zero-order valence-corrected chi connectivity index (χ0v) is 23.6. The van der Waals surface area contributed by atoms with Crippen molar-refractivity contribution in [3.8, 4) is 11.1 Å². The largest absolute Gasteiger partial charge is 0.373 e. The van der Waals surface area contributed by atoms with Gasteiger partial charge in [0.2, 0.25) is 0 Å². The highest BCUT2D eigenvalue weighted by molar-refractivity contribution is 5.79. The number of epoxide rings is 2. The van der Waals surface area contributed by atoms with E-state index in [-0.39, 0.29) is 0 Å². The number of rotatable bonds is 10. The molecule has 0 spiro atoms. The second kappa shape index (κ2) is 11.1. The molecule has 2 heteroatoms. The Morgan fingerprint density at radius 3 is 1.37 bits per heavy atom. The molecule has 5 aliphatic rings. The van der Waals surface area contributed by atoms with Crippen molar-refractivity contribution in [3.05, 3.63) is 58.7 Å². The molecule has 2 atom stereocenters. The van der Waals surface area contributed by atoms with Gasteiger partial charge in [-0.25, -0.2) is 0 Å². The minimum atomic E-state index is 0.528. The molecule has 7 rings (SSSR count). The fourth-order valence-corrected chi connectivity index (χ4v) is 8.32. The third-order valence-corrected chi connectivity index (χ3v) is 11.1. The first-order valence-corrected chi connectivity index (χ1v) is 16.2. The molecule has 2 aromatic carbocycles. The standard InChI is InChI=1S/C36H48O2/c1-24-35-20-29(12-6-25-2-8-27(9-3-25)18-31-22-37-31)14-16-33(35)34-17-15-30(21-36(24)34)13-7-26-4-10-28(11-5-26)19-32-23-38-32/h14-17,20-21,24-28,31-32H,2-13,18-19,22-23H2,1H3. The first-order valence-electron chi connectivity index (χ1n) is 16.2. The molecule has 3 aliphatic carbocycles. The zero-order valence-electron chi connectivity index (χ0n) is 23.6. The summed E-state index contributed by atoms with van der Waals surface area (Å²) < 4.78 is 10.9. The fourth-order valence-electron chi connectivity index (χ4n) is 8.32. The highest BCUT2D eigenvalue weighted by atomic mass is 16.6. The molecule has 4 fully saturated rings. The van der Waals surface area contributed by atoms with E-state index in [4.69, 9.17) is 9.47 Å². The molecular weight excluding hydrogens is 464 g/mol. The number of hydrogen-bond donors (Lipinski definition) is 0. The molecule has 2 nitrogen and oxygen atoms in total. The second-order valence-corrected chi connectivity index (χ2v) is 13.8. The predicted octanol–water partition coefficient (Wildman–Crippen LogP) is 8.87. The van der Waals surface area contributed by atoms with Crippen LogP contribution in [0.1, 0.15) is 112 Å². The SMILES string of the molecule is CC1c2cc(CCC3CCC(CC4CO4)CC3)ccc2-c2ccc(CCC3CCC(CC4CO4)CC3)cc21. The molecule has 2 saturated heterocycles. The Bertz CT molecular complexity index is 1010. The van der Waals surface area contributed by atoms with Crippen molar-refractivity contribution in [2.75, 3.05) is 13.2 Å². The highest BCUT2D eigenvalue weighted by Crippen LogP contribution is 2.46. The highest BCUT2D eigenvalue weighted by Gasteiger charge is 2.31.